The highest BCUT2D eigenvalue weighted by molar-refractivity contribution is 9.15. The molecular formula is C21H7Br8N3O3. The average molecular weight is 989 g/mol. The second-order valence-electron chi connectivity index (χ2n) is 6.39. The fourth-order valence-electron chi connectivity index (χ4n) is 2.49. The summed E-state index contributed by atoms with van der Waals surface area (Å²) in [5.74, 6) is 1.43. The molecular weight excluding hydrogens is 981 g/mol. The molecule has 0 atom stereocenters. The molecule has 14 heteroatoms. The van der Waals surface area contributed by atoms with Crippen molar-refractivity contribution in [2.45, 2.75) is 0 Å². The molecule has 0 N–H and O–H groups in total. The molecule has 180 valence electrons. The number of benzene rings is 3. The number of hydrogen-bond acceptors (Lipinski definition) is 6. The topological polar surface area (TPSA) is 66.4 Å². The third-order valence-corrected chi connectivity index (χ3v) is 12.8. The summed E-state index contributed by atoms with van der Waals surface area (Å²) in [7, 11) is 0. The van der Waals surface area contributed by atoms with E-state index >= 15 is 0 Å². The van der Waals surface area contributed by atoms with Crippen molar-refractivity contribution in [3.05, 3.63) is 78.2 Å². The molecule has 1 heterocycles. The summed E-state index contributed by atoms with van der Waals surface area (Å²) in [6, 6.07) is 12.6. The summed E-state index contributed by atoms with van der Waals surface area (Å²) in [6.45, 7) is 0. The summed E-state index contributed by atoms with van der Waals surface area (Å²) in [5.41, 5.74) is 0. The van der Waals surface area contributed by atoms with E-state index in [0.717, 1.165) is 22.4 Å². The Hall–Kier alpha value is -0.0900. The lowest BCUT2D eigenvalue weighted by molar-refractivity contribution is 0.360. The van der Waals surface area contributed by atoms with Crippen molar-refractivity contribution in [3.8, 4) is 35.3 Å². The Kier molecular flexibility index (Phi) is 9.72. The summed E-state index contributed by atoms with van der Waals surface area (Å²) in [4.78, 5) is 13.0. The minimum absolute atomic E-state index is 0.0246. The van der Waals surface area contributed by atoms with Crippen molar-refractivity contribution in [3.63, 3.8) is 0 Å². The van der Waals surface area contributed by atoms with Gasteiger partial charge in [0.2, 0.25) is 0 Å². The van der Waals surface area contributed by atoms with E-state index in [0.29, 0.717) is 30.7 Å². The minimum Gasteiger partial charge on any atom is -0.423 e. The zero-order valence-electron chi connectivity index (χ0n) is 16.6. The van der Waals surface area contributed by atoms with Crippen LogP contribution in [0.2, 0.25) is 0 Å². The molecule has 0 unspecified atom stereocenters. The van der Waals surface area contributed by atoms with Gasteiger partial charge in [0.25, 0.3) is 0 Å². The van der Waals surface area contributed by atoms with Gasteiger partial charge in [-0.1, -0.05) is 6.07 Å². The molecule has 3 aromatic carbocycles. The molecule has 0 aliphatic carbocycles. The van der Waals surface area contributed by atoms with E-state index in [2.05, 4.69) is 142 Å². The van der Waals surface area contributed by atoms with Crippen molar-refractivity contribution >= 4 is 127 Å². The molecule has 4 rings (SSSR count). The van der Waals surface area contributed by atoms with Gasteiger partial charge in [0.05, 0.1) is 13.4 Å². The molecule has 35 heavy (non-hydrogen) atoms. The molecule has 6 nitrogen and oxygen atoms in total. The van der Waals surface area contributed by atoms with Crippen LogP contribution < -0.4 is 14.2 Å². The third kappa shape index (κ3) is 6.68. The molecule has 0 radical (unpaired) electrons. The Balaban J connectivity index is 1.75. The van der Waals surface area contributed by atoms with Crippen molar-refractivity contribution < 1.29 is 14.2 Å². The monoisotopic (exact) mass is 980 g/mol. The van der Waals surface area contributed by atoms with Crippen LogP contribution in [0, 0.1) is 0 Å². The highest BCUT2D eigenvalue weighted by Gasteiger charge is 2.18. The van der Waals surface area contributed by atoms with Crippen LogP contribution in [-0.2, 0) is 0 Å². The summed E-state index contributed by atoms with van der Waals surface area (Å²) in [6.07, 6.45) is 0. The zero-order chi connectivity index (χ0) is 25.3. The van der Waals surface area contributed by atoms with Gasteiger partial charge in [0, 0.05) is 22.4 Å². The normalized spacial score (nSPS) is 10.9. The smallest absolute Gasteiger partial charge is 0.331 e. The Bertz CT molecular complexity index is 1360. The number of ether oxygens (including phenoxy) is 3. The quantitative estimate of drug-likeness (QED) is 0.179. The summed E-state index contributed by atoms with van der Waals surface area (Å²) in [5, 5.41) is 0. The van der Waals surface area contributed by atoms with E-state index in [-0.39, 0.29) is 18.0 Å². The van der Waals surface area contributed by atoms with E-state index in [1.165, 1.54) is 0 Å². The second-order valence-corrected chi connectivity index (χ2v) is 12.9. The zero-order valence-corrected chi connectivity index (χ0v) is 29.3. The number of halogens is 8. The highest BCUT2D eigenvalue weighted by atomic mass is 79.9. The molecule has 0 aliphatic heterocycles. The number of aromatic nitrogens is 3. The van der Waals surface area contributed by atoms with Crippen LogP contribution in [0.5, 0.6) is 35.3 Å². The minimum atomic E-state index is -0.0293. The van der Waals surface area contributed by atoms with Gasteiger partial charge in [0.1, 0.15) is 17.2 Å². The number of hydrogen-bond donors (Lipinski definition) is 0. The molecule has 0 saturated carbocycles. The lowest BCUT2D eigenvalue weighted by atomic mass is 10.3. The second kappa shape index (κ2) is 12.2. The largest absolute Gasteiger partial charge is 0.423 e. The first-order chi connectivity index (χ1) is 16.6. The highest BCUT2D eigenvalue weighted by Crippen LogP contribution is 2.42. The average Bonchev–Trinajstić information content (AvgIpc) is 2.83. The van der Waals surface area contributed by atoms with E-state index in [9.17, 15) is 0 Å². The summed E-state index contributed by atoms with van der Waals surface area (Å²) >= 11 is 27.9. The first-order valence-electron chi connectivity index (χ1n) is 9.14. The Morgan fingerprint density at radius 1 is 0.400 bits per heavy atom. The van der Waals surface area contributed by atoms with Crippen LogP contribution in [0.3, 0.4) is 0 Å². The van der Waals surface area contributed by atoms with Crippen LogP contribution in [0.4, 0.5) is 0 Å². The maximum absolute atomic E-state index is 5.96. The molecule has 0 aliphatic rings. The molecule has 0 bridgehead atoms. The number of rotatable bonds is 6. The van der Waals surface area contributed by atoms with Crippen molar-refractivity contribution in [1.29, 1.82) is 0 Å². The number of nitrogens with zero attached hydrogens (tertiary/aromatic N) is 3. The lowest BCUT2D eigenvalue weighted by Crippen LogP contribution is -2.02. The predicted molar refractivity (Wildman–Crippen MR) is 161 cm³/mol. The van der Waals surface area contributed by atoms with Crippen molar-refractivity contribution in [1.82, 2.24) is 15.0 Å². The first kappa shape index (κ1) is 27.9. The predicted octanol–water partition coefficient (Wildman–Crippen LogP) is 11.3. The maximum atomic E-state index is 5.96. The van der Waals surface area contributed by atoms with Gasteiger partial charge >= 0.3 is 18.0 Å². The molecule has 4 aromatic rings. The van der Waals surface area contributed by atoms with Gasteiger partial charge in [0.15, 0.2) is 0 Å². The molecule has 0 amide bonds. The molecule has 0 spiro atoms. The van der Waals surface area contributed by atoms with Gasteiger partial charge in [-0.15, -0.1) is 15.0 Å². The van der Waals surface area contributed by atoms with Crippen LogP contribution in [-0.4, -0.2) is 15.0 Å². The van der Waals surface area contributed by atoms with Gasteiger partial charge in [-0.05, 0) is 164 Å². The maximum Gasteiger partial charge on any atom is 0.331 e. The SMILES string of the molecule is Brc1cccc(Oc2nc(Oc3ccc(Br)c(Br)c3Br)nc(Oc3ccc(Br)c(Br)c3Br)n2)c1Br. The Morgan fingerprint density at radius 3 is 1.20 bits per heavy atom. The lowest BCUT2D eigenvalue weighted by Gasteiger charge is -2.13. The molecule has 1 aromatic heterocycles. The molecule has 0 saturated heterocycles. The third-order valence-electron chi connectivity index (χ3n) is 4.09. The van der Waals surface area contributed by atoms with Gasteiger partial charge in [-0.2, -0.15) is 0 Å². The van der Waals surface area contributed by atoms with Crippen LogP contribution in [0.1, 0.15) is 0 Å². The van der Waals surface area contributed by atoms with Gasteiger partial charge < -0.3 is 14.2 Å². The van der Waals surface area contributed by atoms with Crippen LogP contribution >= 0.6 is 127 Å². The van der Waals surface area contributed by atoms with Crippen molar-refractivity contribution in [2.24, 2.45) is 0 Å². The van der Waals surface area contributed by atoms with E-state index in [4.69, 9.17) is 14.2 Å². The van der Waals surface area contributed by atoms with Gasteiger partial charge in [-0.3, -0.25) is 0 Å². The van der Waals surface area contributed by atoms with Crippen LogP contribution in [0.15, 0.2) is 78.2 Å². The van der Waals surface area contributed by atoms with Gasteiger partial charge in [-0.25, -0.2) is 0 Å². The van der Waals surface area contributed by atoms with Crippen LogP contribution in [0.25, 0.3) is 0 Å². The first-order valence-corrected chi connectivity index (χ1v) is 15.5. The Labute approximate surface area is 267 Å². The van der Waals surface area contributed by atoms with Crippen molar-refractivity contribution in [2.75, 3.05) is 0 Å². The van der Waals surface area contributed by atoms with E-state index in [1.807, 2.05) is 24.3 Å². The fourth-order valence-corrected chi connectivity index (χ4v) is 5.88. The Morgan fingerprint density at radius 2 is 0.771 bits per heavy atom. The fraction of sp³-hybridized carbons (Fsp3) is 0. The van der Waals surface area contributed by atoms with E-state index < -0.39 is 0 Å². The standard InChI is InChI=1S/C21H7Br8N3O3/c22-8-2-1-3-11(14(8)25)33-19-30-20(34-12-6-4-9(23)15(26)17(12)28)32-21(31-19)35-13-7-5-10(24)16(27)18(13)29/h1-7H. The van der Waals surface area contributed by atoms with E-state index in [1.54, 1.807) is 18.2 Å². The molecule has 0 fully saturated rings. The summed E-state index contributed by atoms with van der Waals surface area (Å²) < 4.78 is 24.0.